The number of benzene rings is 2. The van der Waals surface area contributed by atoms with E-state index >= 15 is 0 Å². The molecule has 0 saturated heterocycles. The third kappa shape index (κ3) is 5.90. The quantitative estimate of drug-likeness (QED) is 0.701. The van der Waals surface area contributed by atoms with E-state index < -0.39 is 27.8 Å². The molecular formula is C19H22N2O5S. The Morgan fingerprint density at radius 1 is 1.15 bits per heavy atom. The van der Waals surface area contributed by atoms with E-state index in [4.69, 9.17) is 10.5 Å². The molecule has 0 saturated carbocycles. The molecule has 8 heteroatoms. The normalized spacial score (nSPS) is 12.3. The standard InChI is InChI=1S/C19H22N2O5S/c1-3-26-19(23)14-9-15(11-16(10-14)27(2,24)25)21-18(22)12-17(20)13-7-5-4-6-8-13/h4-11,17H,3,12,20H2,1-2H3,(H,21,22). The Labute approximate surface area is 158 Å². The van der Waals surface area contributed by atoms with Gasteiger partial charge in [0, 0.05) is 24.4 Å². The number of hydrogen-bond donors (Lipinski definition) is 2. The van der Waals surface area contributed by atoms with Crippen molar-refractivity contribution in [1.29, 1.82) is 0 Å². The second-order valence-electron chi connectivity index (χ2n) is 6.01. The number of ether oxygens (including phenoxy) is 1. The third-order valence-electron chi connectivity index (χ3n) is 3.76. The summed E-state index contributed by atoms with van der Waals surface area (Å²) >= 11 is 0. The third-order valence-corrected chi connectivity index (χ3v) is 4.85. The van der Waals surface area contributed by atoms with Gasteiger partial charge in [-0.25, -0.2) is 13.2 Å². The van der Waals surface area contributed by atoms with E-state index in [1.165, 1.54) is 18.2 Å². The van der Waals surface area contributed by atoms with Gasteiger partial charge in [-0.05, 0) is 30.7 Å². The highest BCUT2D eigenvalue weighted by atomic mass is 32.2. The summed E-state index contributed by atoms with van der Waals surface area (Å²) in [5.41, 5.74) is 7.08. The van der Waals surface area contributed by atoms with E-state index in [9.17, 15) is 18.0 Å². The lowest BCUT2D eigenvalue weighted by Crippen LogP contribution is -2.21. The summed E-state index contributed by atoms with van der Waals surface area (Å²) < 4.78 is 28.7. The van der Waals surface area contributed by atoms with Crippen LogP contribution in [0.5, 0.6) is 0 Å². The molecule has 0 radical (unpaired) electrons. The van der Waals surface area contributed by atoms with Crippen LogP contribution in [0.1, 0.15) is 35.3 Å². The lowest BCUT2D eigenvalue weighted by Gasteiger charge is -2.13. The van der Waals surface area contributed by atoms with Crippen molar-refractivity contribution in [2.24, 2.45) is 5.73 Å². The van der Waals surface area contributed by atoms with Gasteiger partial charge in [0.05, 0.1) is 17.1 Å². The molecular weight excluding hydrogens is 368 g/mol. The zero-order chi connectivity index (χ0) is 20.0. The molecule has 0 fully saturated rings. The number of carbonyl (C=O) groups is 2. The summed E-state index contributed by atoms with van der Waals surface area (Å²) in [6, 6.07) is 12.5. The Hall–Kier alpha value is -2.71. The maximum Gasteiger partial charge on any atom is 0.338 e. The molecule has 0 heterocycles. The minimum absolute atomic E-state index is 0.00184. The van der Waals surface area contributed by atoms with Crippen LogP contribution in [0.15, 0.2) is 53.4 Å². The van der Waals surface area contributed by atoms with Crippen molar-refractivity contribution in [3.63, 3.8) is 0 Å². The zero-order valence-electron chi connectivity index (χ0n) is 15.1. The first-order valence-electron chi connectivity index (χ1n) is 8.33. The number of hydrogen-bond acceptors (Lipinski definition) is 6. The number of sulfone groups is 1. The highest BCUT2D eigenvalue weighted by molar-refractivity contribution is 7.90. The Bertz CT molecular complexity index is 926. The van der Waals surface area contributed by atoms with Gasteiger partial charge in [0.25, 0.3) is 0 Å². The number of rotatable bonds is 7. The van der Waals surface area contributed by atoms with Gasteiger partial charge in [-0.2, -0.15) is 0 Å². The summed E-state index contributed by atoms with van der Waals surface area (Å²) in [4.78, 5) is 24.2. The predicted octanol–water partition coefficient (Wildman–Crippen LogP) is 2.30. The van der Waals surface area contributed by atoms with E-state index in [-0.39, 0.29) is 29.2 Å². The van der Waals surface area contributed by atoms with E-state index in [1.54, 1.807) is 6.92 Å². The molecule has 7 nitrogen and oxygen atoms in total. The van der Waals surface area contributed by atoms with Crippen LogP contribution in [0.2, 0.25) is 0 Å². The fourth-order valence-corrected chi connectivity index (χ4v) is 3.13. The van der Waals surface area contributed by atoms with Crippen molar-refractivity contribution in [2.75, 3.05) is 18.2 Å². The minimum atomic E-state index is -3.58. The number of amides is 1. The van der Waals surface area contributed by atoms with Crippen LogP contribution in [0.25, 0.3) is 0 Å². The van der Waals surface area contributed by atoms with Crippen LogP contribution in [0.4, 0.5) is 5.69 Å². The molecule has 2 aromatic rings. The Morgan fingerprint density at radius 3 is 2.41 bits per heavy atom. The summed E-state index contributed by atoms with van der Waals surface area (Å²) in [7, 11) is -3.58. The lowest BCUT2D eigenvalue weighted by atomic mass is 10.0. The van der Waals surface area contributed by atoms with Crippen molar-refractivity contribution in [3.8, 4) is 0 Å². The van der Waals surface area contributed by atoms with Gasteiger partial charge in [-0.1, -0.05) is 30.3 Å². The second-order valence-corrected chi connectivity index (χ2v) is 8.02. The van der Waals surface area contributed by atoms with Gasteiger partial charge < -0.3 is 15.8 Å². The van der Waals surface area contributed by atoms with Crippen molar-refractivity contribution in [1.82, 2.24) is 0 Å². The van der Waals surface area contributed by atoms with E-state index in [0.717, 1.165) is 11.8 Å². The zero-order valence-corrected chi connectivity index (χ0v) is 16.0. The summed E-state index contributed by atoms with van der Waals surface area (Å²) in [6.07, 6.45) is 1.02. The number of nitrogens with one attached hydrogen (secondary N) is 1. The Morgan fingerprint density at radius 2 is 1.81 bits per heavy atom. The fraction of sp³-hybridized carbons (Fsp3) is 0.263. The molecule has 0 aliphatic carbocycles. The highest BCUT2D eigenvalue weighted by Crippen LogP contribution is 2.21. The lowest BCUT2D eigenvalue weighted by molar-refractivity contribution is -0.116. The van der Waals surface area contributed by atoms with Crippen LogP contribution in [0, 0.1) is 0 Å². The van der Waals surface area contributed by atoms with Crippen molar-refractivity contribution in [2.45, 2.75) is 24.3 Å². The molecule has 2 rings (SSSR count). The molecule has 1 amide bonds. The molecule has 144 valence electrons. The molecule has 0 aliphatic rings. The fourth-order valence-electron chi connectivity index (χ4n) is 2.45. The van der Waals surface area contributed by atoms with Crippen LogP contribution in [0.3, 0.4) is 0 Å². The number of carbonyl (C=O) groups excluding carboxylic acids is 2. The first-order chi connectivity index (χ1) is 12.7. The second kappa shape index (κ2) is 8.79. The summed E-state index contributed by atoms with van der Waals surface area (Å²) in [5.74, 6) is -1.06. The van der Waals surface area contributed by atoms with Crippen LogP contribution in [-0.4, -0.2) is 33.2 Å². The van der Waals surface area contributed by atoms with Crippen molar-refractivity contribution >= 4 is 27.4 Å². The molecule has 1 atom stereocenters. The SMILES string of the molecule is CCOC(=O)c1cc(NC(=O)CC(N)c2ccccc2)cc(S(C)(=O)=O)c1. The minimum Gasteiger partial charge on any atom is -0.462 e. The largest absolute Gasteiger partial charge is 0.462 e. The molecule has 0 aromatic heterocycles. The van der Waals surface area contributed by atoms with Gasteiger partial charge in [0.2, 0.25) is 5.91 Å². The molecule has 1 unspecified atom stereocenters. The number of esters is 1. The van der Waals surface area contributed by atoms with Gasteiger partial charge in [0.1, 0.15) is 0 Å². The van der Waals surface area contributed by atoms with Gasteiger partial charge in [-0.15, -0.1) is 0 Å². The maximum atomic E-state index is 12.3. The maximum absolute atomic E-state index is 12.3. The van der Waals surface area contributed by atoms with E-state index in [2.05, 4.69) is 5.32 Å². The molecule has 0 spiro atoms. The topological polar surface area (TPSA) is 116 Å². The smallest absolute Gasteiger partial charge is 0.338 e. The van der Waals surface area contributed by atoms with E-state index in [1.807, 2.05) is 30.3 Å². The molecule has 2 aromatic carbocycles. The average molecular weight is 390 g/mol. The molecule has 3 N–H and O–H groups in total. The monoisotopic (exact) mass is 390 g/mol. The van der Waals surface area contributed by atoms with Gasteiger partial charge >= 0.3 is 5.97 Å². The summed E-state index contributed by atoms with van der Waals surface area (Å²) in [6.45, 7) is 1.79. The average Bonchev–Trinajstić information content (AvgIpc) is 2.61. The highest BCUT2D eigenvalue weighted by Gasteiger charge is 2.17. The first-order valence-corrected chi connectivity index (χ1v) is 10.2. The van der Waals surface area contributed by atoms with Crippen molar-refractivity contribution < 1.29 is 22.7 Å². The number of nitrogens with two attached hydrogens (primary N) is 1. The van der Waals surface area contributed by atoms with Gasteiger partial charge in [-0.3, -0.25) is 4.79 Å². The van der Waals surface area contributed by atoms with Crippen LogP contribution in [-0.2, 0) is 19.4 Å². The van der Waals surface area contributed by atoms with Gasteiger partial charge in [0.15, 0.2) is 9.84 Å². The van der Waals surface area contributed by atoms with E-state index in [0.29, 0.717) is 0 Å². The first kappa shape index (κ1) is 20.6. The van der Waals surface area contributed by atoms with Crippen molar-refractivity contribution in [3.05, 3.63) is 59.7 Å². The predicted molar refractivity (Wildman–Crippen MR) is 102 cm³/mol. The van der Waals surface area contributed by atoms with Crippen LogP contribution >= 0.6 is 0 Å². The molecule has 0 aliphatic heterocycles. The Kier molecular flexibility index (Phi) is 6.70. The Balaban J connectivity index is 2.22. The molecule has 0 bridgehead atoms. The number of anilines is 1. The van der Waals surface area contributed by atoms with Crippen LogP contribution < -0.4 is 11.1 Å². The molecule has 27 heavy (non-hydrogen) atoms. The summed E-state index contributed by atoms with van der Waals surface area (Å²) in [5, 5.41) is 2.60.